The van der Waals surface area contributed by atoms with Crippen molar-refractivity contribution in [2.75, 3.05) is 24.3 Å². The molecule has 0 aromatic heterocycles. The first-order chi connectivity index (χ1) is 8.86. The quantitative estimate of drug-likeness (QED) is 0.845. The molecule has 0 unspecified atom stereocenters. The van der Waals surface area contributed by atoms with Crippen LogP contribution in [0.5, 0.6) is 5.75 Å². The Morgan fingerprint density at radius 1 is 1.00 bits per heavy atom. The molecule has 0 spiro atoms. The molecule has 0 fully saturated rings. The zero-order valence-electron chi connectivity index (χ0n) is 10.3. The van der Waals surface area contributed by atoms with Gasteiger partial charge in [-0.3, -0.25) is 0 Å². The van der Waals surface area contributed by atoms with E-state index in [0.29, 0.717) is 6.04 Å². The predicted octanol–water partition coefficient (Wildman–Crippen LogP) is 3.27. The monoisotopic (exact) mass is 240 g/mol. The van der Waals surface area contributed by atoms with Gasteiger partial charge in [-0.2, -0.15) is 0 Å². The molecule has 2 N–H and O–H groups in total. The summed E-state index contributed by atoms with van der Waals surface area (Å²) >= 11 is 0. The second kappa shape index (κ2) is 4.61. The molecule has 1 atom stereocenters. The van der Waals surface area contributed by atoms with E-state index in [1.54, 1.807) is 7.11 Å². The van der Waals surface area contributed by atoms with E-state index < -0.39 is 0 Å². The Kier molecular flexibility index (Phi) is 2.81. The normalized spacial score (nSPS) is 17.3. The predicted molar refractivity (Wildman–Crippen MR) is 74.3 cm³/mol. The average molecular weight is 240 g/mol. The minimum atomic E-state index is 0.297. The van der Waals surface area contributed by atoms with E-state index in [1.165, 1.54) is 11.3 Å². The zero-order chi connectivity index (χ0) is 12.4. The third-order valence-electron chi connectivity index (χ3n) is 3.27. The summed E-state index contributed by atoms with van der Waals surface area (Å²) in [6.07, 6.45) is 0. The summed E-state index contributed by atoms with van der Waals surface area (Å²) in [5.41, 5.74) is 3.59. The molecule has 0 bridgehead atoms. The molecule has 0 saturated heterocycles. The third kappa shape index (κ3) is 1.99. The van der Waals surface area contributed by atoms with Crippen molar-refractivity contribution < 1.29 is 4.74 Å². The van der Waals surface area contributed by atoms with E-state index in [2.05, 4.69) is 34.9 Å². The van der Waals surface area contributed by atoms with E-state index in [4.69, 9.17) is 4.74 Å². The molecule has 3 heteroatoms. The SMILES string of the molecule is COc1ccc([C@H]2CNc3ccccc3N2)cc1. The van der Waals surface area contributed by atoms with Crippen molar-refractivity contribution in [1.82, 2.24) is 0 Å². The number of benzene rings is 2. The number of hydrogen-bond donors (Lipinski definition) is 2. The van der Waals surface area contributed by atoms with E-state index in [0.717, 1.165) is 18.0 Å². The van der Waals surface area contributed by atoms with Gasteiger partial charge in [0.2, 0.25) is 0 Å². The third-order valence-corrected chi connectivity index (χ3v) is 3.27. The average Bonchev–Trinajstić information content (AvgIpc) is 2.47. The van der Waals surface area contributed by atoms with Crippen molar-refractivity contribution in [3.05, 3.63) is 54.1 Å². The molecular weight excluding hydrogens is 224 g/mol. The van der Waals surface area contributed by atoms with Crippen LogP contribution in [0.15, 0.2) is 48.5 Å². The number of ether oxygens (including phenoxy) is 1. The van der Waals surface area contributed by atoms with E-state index in [-0.39, 0.29) is 0 Å². The molecule has 0 amide bonds. The lowest BCUT2D eigenvalue weighted by Gasteiger charge is -2.28. The van der Waals surface area contributed by atoms with Gasteiger partial charge >= 0.3 is 0 Å². The molecule has 3 rings (SSSR count). The molecule has 18 heavy (non-hydrogen) atoms. The lowest BCUT2D eigenvalue weighted by atomic mass is 10.0. The maximum atomic E-state index is 5.18. The summed E-state index contributed by atoms with van der Waals surface area (Å²) in [6, 6.07) is 16.8. The number of anilines is 2. The second-order valence-electron chi connectivity index (χ2n) is 4.40. The maximum Gasteiger partial charge on any atom is 0.118 e. The van der Waals surface area contributed by atoms with Gasteiger partial charge in [-0.15, -0.1) is 0 Å². The Hall–Kier alpha value is -2.16. The molecule has 1 aliphatic rings. The number of rotatable bonds is 2. The molecule has 2 aromatic rings. The Morgan fingerprint density at radius 2 is 1.72 bits per heavy atom. The molecular formula is C15H16N2O. The van der Waals surface area contributed by atoms with Gasteiger partial charge in [-0.05, 0) is 29.8 Å². The number of para-hydroxylation sites is 2. The van der Waals surface area contributed by atoms with Crippen molar-refractivity contribution in [2.24, 2.45) is 0 Å². The van der Waals surface area contributed by atoms with Gasteiger partial charge in [0.05, 0.1) is 24.5 Å². The molecule has 1 heterocycles. The van der Waals surface area contributed by atoms with Crippen molar-refractivity contribution in [3.8, 4) is 5.75 Å². The molecule has 92 valence electrons. The molecule has 0 saturated carbocycles. The van der Waals surface area contributed by atoms with Crippen LogP contribution in [0, 0.1) is 0 Å². The van der Waals surface area contributed by atoms with Crippen molar-refractivity contribution in [1.29, 1.82) is 0 Å². The van der Waals surface area contributed by atoms with Gasteiger partial charge < -0.3 is 15.4 Å². The van der Waals surface area contributed by atoms with Crippen molar-refractivity contribution in [3.63, 3.8) is 0 Å². The highest BCUT2D eigenvalue weighted by Crippen LogP contribution is 2.31. The molecule has 2 aromatic carbocycles. The van der Waals surface area contributed by atoms with Gasteiger partial charge in [0.25, 0.3) is 0 Å². The van der Waals surface area contributed by atoms with Gasteiger partial charge in [0, 0.05) is 6.54 Å². The molecule has 0 aliphatic carbocycles. The Labute approximate surface area is 107 Å². The van der Waals surface area contributed by atoms with Crippen LogP contribution in [0.3, 0.4) is 0 Å². The number of fused-ring (bicyclic) bond motifs is 1. The maximum absolute atomic E-state index is 5.18. The molecule has 0 radical (unpaired) electrons. The summed E-state index contributed by atoms with van der Waals surface area (Å²) in [5.74, 6) is 0.892. The van der Waals surface area contributed by atoms with Crippen molar-refractivity contribution in [2.45, 2.75) is 6.04 Å². The smallest absolute Gasteiger partial charge is 0.118 e. The second-order valence-corrected chi connectivity index (χ2v) is 4.40. The first-order valence-corrected chi connectivity index (χ1v) is 6.10. The van der Waals surface area contributed by atoms with Gasteiger partial charge in [-0.1, -0.05) is 24.3 Å². The highest BCUT2D eigenvalue weighted by atomic mass is 16.5. The standard InChI is InChI=1S/C15H16N2O/c1-18-12-8-6-11(7-9-12)15-10-16-13-4-2-3-5-14(13)17-15/h2-9,15-17H,10H2,1H3/t15-/m1/s1. The van der Waals surface area contributed by atoms with Crippen LogP contribution in [0.25, 0.3) is 0 Å². The lowest BCUT2D eigenvalue weighted by molar-refractivity contribution is 0.414. The summed E-state index contributed by atoms with van der Waals surface area (Å²) < 4.78 is 5.18. The van der Waals surface area contributed by atoms with Crippen LogP contribution < -0.4 is 15.4 Å². The highest BCUT2D eigenvalue weighted by molar-refractivity contribution is 5.71. The summed E-state index contributed by atoms with van der Waals surface area (Å²) in [4.78, 5) is 0. The first kappa shape index (κ1) is 11.0. The fourth-order valence-corrected chi connectivity index (χ4v) is 2.25. The van der Waals surface area contributed by atoms with Gasteiger partial charge in [0.1, 0.15) is 5.75 Å². The van der Waals surface area contributed by atoms with E-state index in [1.807, 2.05) is 24.3 Å². The first-order valence-electron chi connectivity index (χ1n) is 6.10. The van der Waals surface area contributed by atoms with Crippen LogP contribution in [-0.4, -0.2) is 13.7 Å². The summed E-state index contributed by atoms with van der Waals surface area (Å²) in [5, 5.41) is 6.99. The van der Waals surface area contributed by atoms with Gasteiger partial charge in [0.15, 0.2) is 0 Å². The number of hydrogen-bond acceptors (Lipinski definition) is 3. The fraction of sp³-hybridized carbons (Fsp3) is 0.200. The Balaban J connectivity index is 1.82. The van der Waals surface area contributed by atoms with Gasteiger partial charge in [-0.25, -0.2) is 0 Å². The number of methoxy groups -OCH3 is 1. The largest absolute Gasteiger partial charge is 0.497 e. The minimum Gasteiger partial charge on any atom is -0.497 e. The van der Waals surface area contributed by atoms with Crippen molar-refractivity contribution >= 4 is 11.4 Å². The summed E-state index contributed by atoms with van der Waals surface area (Å²) in [6.45, 7) is 0.892. The Morgan fingerprint density at radius 3 is 2.44 bits per heavy atom. The Bertz CT molecular complexity index is 536. The van der Waals surface area contributed by atoms with E-state index >= 15 is 0 Å². The van der Waals surface area contributed by atoms with E-state index in [9.17, 15) is 0 Å². The van der Waals surface area contributed by atoms with Crippen LogP contribution in [0.1, 0.15) is 11.6 Å². The minimum absolute atomic E-state index is 0.297. The van der Waals surface area contributed by atoms with Crippen LogP contribution in [-0.2, 0) is 0 Å². The number of nitrogens with one attached hydrogen (secondary N) is 2. The van der Waals surface area contributed by atoms with Crippen LogP contribution in [0.2, 0.25) is 0 Å². The highest BCUT2D eigenvalue weighted by Gasteiger charge is 2.17. The fourth-order valence-electron chi connectivity index (χ4n) is 2.25. The van der Waals surface area contributed by atoms with Crippen LogP contribution in [0.4, 0.5) is 11.4 Å². The molecule has 1 aliphatic heterocycles. The molecule has 3 nitrogen and oxygen atoms in total. The zero-order valence-corrected chi connectivity index (χ0v) is 10.3. The van der Waals surface area contributed by atoms with Crippen LogP contribution >= 0.6 is 0 Å². The topological polar surface area (TPSA) is 33.3 Å². The lowest BCUT2D eigenvalue weighted by Crippen LogP contribution is -2.25. The summed E-state index contributed by atoms with van der Waals surface area (Å²) in [7, 11) is 1.69.